The molecule has 1 atom stereocenters. The number of carbonyl (C=O) groups is 2. The molecule has 2 aromatic heterocycles. The molecule has 1 aliphatic rings. The maximum atomic E-state index is 12.4. The smallest absolute Gasteiger partial charge is 0.338 e. The molecule has 0 saturated carbocycles. The van der Waals surface area contributed by atoms with Gasteiger partial charge in [0, 0.05) is 37.5 Å². The van der Waals surface area contributed by atoms with Crippen molar-refractivity contribution in [3.8, 4) is 11.4 Å². The van der Waals surface area contributed by atoms with E-state index < -0.39 is 12.1 Å². The largest absolute Gasteiger partial charge is 0.449 e. The Kier molecular flexibility index (Phi) is 5.33. The Bertz CT molecular complexity index is 1000. The van der Waals surface area contributed by atoms with Gasteiger partial charge < -0.3 is 14.2 Å². The molecule has 8 nitrogen and oxygen atoms in total. The number of aromatic nitrogens is 3. The Morgan fingerprint density at radius 2 is 2.10 bits per heavy atom. The molecule has 0 bridgehead atoms. The first-order valence-corrected chi connectivity index (χ1v) is 9.42. The monoisotopic (exact) mass is 392 g/mol. The minimum absolute atomic E-state index is 0.174. The fraction of sp³-hybridized carbons (Fsp3) is 0.286. The van der Waals surface area contributed by atoms with Crippen LogP contribution in [0.3, 0.4) is 0 Å². The summed E-state index contributed by atoms with van der Waals surface area (Å²) in [5, 5.41) is 3.90. The lowest BCUT2D eigenvalue weighted by Crippen LogP contribution is -2.23. The highest BCUT2D eigenvalue weighted by Gasteiger charge is 2.22. The molecule has 0 spiro atoms. The number of hydrogen-bond donors (Lipinski definition) is 0. The van der Waals surface area contributed by atoms with Crippen molar-refractivity contribution >= 4 is 11.9 Å². The van der Waals surface area contributed by atoms with Crippen molar-refractivity contribution in [1.29, 1.82) is 0 Å². The average molecular weight is 392 g/mol. The van der Waals surface area contributed by atoms with Gasteiger partial charge in [-0.25, -0.2) is 4.79 Å². The second kappa shape index (κ2) is 8.22. The molecule has 0 aliphatic carbocycles. The Hall–Kier alpha value is -3.55. The van der Waals surface area contributed by atoms with Gasteiger partial charge in [0.15, 0.2) is 6.10 Å². The number of benzene rings is 1. The van der Waals surface area contributed by atoms with Gasteiger partial charge in [-0.05, 0) is 43.2 Å². The number of pyridine rings is 1. The molecule has 1 amide bonds. The second-order valence-electron chi connectivity index (χ2n) is 6.86. The topological polar surface area (TPSA) is 98.4 Å². The summed E-state index contributed by atoms with van der Waals surface area (Å²) >= 11 is 0. The molecule has 8 heteroatoms. The summed E-state index contributed by atoms with van der Waals surface area (Å²) in [4.78, 5) is 34.3. The van der Waals surface area contributed by atoms with E-state index in [9.17, 15) is 9.59 Å². The van der Waals surface area contributed by atoms with Crippen LogP contribution >= 0.6 is 0 Å². The highest BCUT2D eigenvalue weighted by Crippen LogP contribution is 2.21. The van der Waals surface area contributed by atoms with Gasteiger partial charge >= 0.3 is 5.97 Å². The van der Waals surface area contributed by atoms with Crippen molar-refractivity contribution in [2.75, 3.05) is 6.54 Å². The van der Waals surface area contributed by atoms with Gasteiger partial charge in [0.25, 0.3) is 5.89 Å². The zero-order valence-electron chi connectivity index (χ0n) is 15.9. The molecule has 148 valence electrons. The second-order valence-corrected chi connectivity index (χ2v) is 6.86. The van der Waals surface area contributed by atoms with E-state index in [1.165, 1.54) is 0 Å². The summed E-state index contributed by atoms with van der Waals surface area (Å²) < 4.78 is 10.7. The Morgan fingerprint density at radius 1 is 1.28 bits per heavy atom. The highest BCUT2D eigenvalue weighted by atomic mass is 16.6. The molecule has 29 heavy (non-hydrogen) atoms. The molecule has 3 heterocycles. The number of rotatable bonds is 6. The molecule has 0 N–H and O–H groups in total. The maximum Gasteiger partial charge on any atom is 0.338 e. The number of hydrogen-bond acceptors (Lipinski definition) is 7. The van der Waals surface area contributed by atoms with Gasteiger partial charge in [-0.3, -0.25) is 9.78 Å². The number of amides is 1. The number of ether oxygens (including phenoxy) is 1. The molecule has 1 fully saturated rings. The van der Waals surface area contributed by atoms with Gasteiger partial charge in [-0.15, -0.1) is 0 Å². The summed E-state index contributed by atoms with van der Waals surface area (Å²) in [6.45, 7) is 3.01. The van der Waals surface area contributed by atoms with Crippen molar-refractivity contribution in [2.24, 2.45) is 0 Å². The van der Waals surface area contributed by atoms with E-state index >= 15 is 0 Å². The van der Waals surface area contributed by atoms with Gasteiger partial charge in [0.2, 0.25) is 11.7 Å². The lowest BCUT2D eigenvalue weighted by atomic mass is 10.1. The van der Waals surface area contributed by atoms with Crippen molar-refractivity contribution in [3.05, 3.63) is 65.8 Å². The van der Waals surface area contributed by atoms with Gasteiger partial charge in [0.1, 0.15) is 0 Å². The third kappa shape index (κ3) is 4.31. The summed E-state index contributed by atoms with van der Waals surface area (Å²) in [5.41, 5.74) is 2.11. The van der Waals surface area contributed by atoms with Crippen molar-refractivity contribution < 1.29 is 18.8 Å². The summed E-state index contributed by atoms with van der Waals surface area (Å²) in [5.74, 6) is 0.285. The maximum absolute atomic E-state index is 12.4. The first-order chi connectivity index (χ1) is 14.1. The first kappa shape index (κ1) is 18.8. The Labute approximate surface area is 167 Å². The molecule has 0 unspecified atom stereocenters. The third-order valence-electron chi connectivity index (χ3n) is 4.73. The normalized spacial score (nSPS) is 14.8. The van der Waals surface area contributed by atoms with Gasteiger partial charge in [-0.1, -0.05) is 17.3 Å². The predicted octanol–water partition coefficient (Wildman–Crippen LogP) is 3.17. The van der Waals surface area contributed by atoms with Crippen LogP contribution in [0.1, 0.15) is 47.7 Å². The fourth-order valence-electron chi connectivity index (χ4n) is 3.13. The van der Waals surface area contributed by atoms with Crippen LogP contribution in [0, 0.1) is 0 Å². The van der Waals surface area contributed by atoms with E-state index in [4.69, 9.17) is 9.26 Å². The number of nitrogens with zero attached hydrogens (tertiary/aromatic N) is 4. The van der Waals surface area contributed by atoms with Crippen molar-refractivity contribution in [1.82, 2.24) is 20.0 Å². The quantitative estimate of drug-likeness (QED) is 0.594. The Morgan fingerprint density at radius 3 is 2.79 bits per heavy atom. The molecule has 4 rings (SSSR count). The molecular weight excluding hydrogens is 372 g/mol. The zero-order valence-corrected chi connectivity index (χ0v) is 15.9. The van der Waals surface area contributed by atoms with Crippen LogP contribution in [0.2, 0.25) is 0 Å². The number of esters is 1. The van der Waals surface area contributed by atoms with Crippen LogP contribution in [-0.4, -0.2) is 38.4 Å². The van der Waals surface area contributed by atoms with E-state index in [2.05, 4.69) is 15.1 Å². The van der Waals surface area contributed by atoms with Gasteiger partial charge in [-0.2, -0.15) is 4.98 Å². The SMILES string of the molecule is C[C@@H](OC(=O)c1ccc(CN2CCCC2=O)cc1)c1nc(-c2cccnc2)no1. The number of likely N-dealkylation sites (tertiary alicyclic amines) is 1. The lowest BCUT2D eigenvalue weighted by Gasteiger charge is -2.15. The van der Waals surface area contributed by atoms with Crippen LogP contribution in [-0.2, 0) is 16.1 Å². The fourth-order valence-corrected chi connectivity index (χ4v) is 3.13. The Balaban J connectivity index is 1.37. The predicted molar refractivity (Wildman–Crippen MR) is 102 cm³/mol. The third-order valence-corrected chi connectivity index (χ3v) is 4.73. The van der Waals surface area contributed by atoms with Crippen molar-refractivity contribution in [3.63, 3.8) is 0 Å². The van der Waals surface area contributed by atoms with Crippen molar-refractivity contribution in [2.45, 2.75) is 32.4 Å². The van der Waals surface area contributed by atoms with Gasteiger partial charge in [0.05, 0.1) is 5.56 Å². The van der Waals surface area contributed by atoms with Crippen LogP contribution in [0.4, 0.5) is 0 Å². The summed E-state index contributed by atoms with van der Waals surface area (Å²) in [7, 11) is 0. The molecular formula is C21H20N4O4. The summed E-state index contributed by atoms with van der Waals surface area (Å²) in [6.07, 6.45) is 4.10. The van der Waals surface area contributed by atoms with Crippen LogP contribution in [0.5, 0.6) is 0 Å². The molecule has 0 radical (unpaired) electrons. The molecule has 3 aromatic rings. The van der Waals surface area contributed by atoms with Crippen LogP contribution in [0.25, 0.3) is 11.4 Å². The van der Waals surface area contributed by atoms with Crippen LogP contribution in [0.15, 0.2) is 53.3 Å². The number of carbonyl (C=O) groups excluding carboxylic acids is 2. The standard InChI is InChI=1S/C21H20N4O4/c1-14(20-23-19(24-29-20)17-4-2-10-22-12-17)28-21(27)16-8-6-15(7-9-16)13-25-11-3-5-18(25)26/h2,4,6-10,12,14H,3,5,11,13H2,1H3/t14-/m1/s1. The molecule has 1 saturated heterocycles. The van der Waals surface area contributed by atoms with Crippen LogP contribution < -0.4 is 0 Å². The minimum Gasteiger partial charge on any atom is -0.449 e. The first-order valence-electron chi connectivity index (χ1n) is 9.42. The van der Waals surface area contributed by atoms with E-state index in [0.29, 0.717) is 29.9 Å². The lowest BCUT2D eigenvalue weighted by molar-refractivity contribution is -0.128. The zero-order chi connectivity index (χ0) is 20.2. The minimum atomic E-state index is -0.692. The molecule has 1 aliphatic heterocycles. The highest BCUT2D eigenvalue weighted by molar-refractivity contribution is 5.89. The van der Waals surface area contributed by atoms with E-state index in [1.807, 2.05) is 23.1 Å². The van der Waals surface area contributed by atoms with E-state index in [-0.39, 0.29) is 11.8 Å². The van der Waals surface area contributed by atoms with E-state index in [1.54, 1.807) is 37.5 Å². The average Bonchev–Trinajstić information content (AvgIpc) is 3.39. The molecule has 1 aromatic carbocycles. The summed E-state index contributed by atoms with van der Waals surface area (Å²) in [6, 6.07) is 10.6. The van der Waals surface area contributed by atoms with E-state index in [0.717, 1.165) is 18.5 Å².